The Labute approximate surface area is 172 Å². The maximum Gasteiger partial charge on any atom is 0.286 e. The molecule has 10 heteroatoms. The van der Waals surface area contributed by atoms with Crippen LogP contribution in [-0.4, -0.2) is 25.0 Å². The first-order valence-electron chi connectivity index (χ1n) is 7.66. The Morgan fingerprint density at radius 3 is 2.78 bits per heavy atom. The molecule has 1 aliphatic rings. The van der Waals surface area contributed by atoms with Crippen LogP contribution < -0.4 is 10.1 Å². The Kier molecular flexibility index (Phi) is 4.70. The lowest BCUT2D eigenvalue weighted by molar-refractivity contribution is -0.110. The van der Waals surface area contributed by atoms with Gasteiger partial charge in [0, 0.05) is 15.3 Å². The number of pyridine rings is 1. The lowest BCUT2D eigenvalue weighted by atomic mass is 10.1. The molecule has 0 saturated carbocycles. The first-order valence-corrected chi connectivity index (χ1v) is 11.0. The number of carbonyl (C=O) groups is 1. The van der Waals surface area contributed by atoms with Gasteiger partial charge in [0.15, 0.2) is 5.71 Å². The van der Waals surface area contributed by atoms with Gasteiger partial charge in [-0.05, 0) is 65.1 Å². The molecule has 0 fully saturated rings. The van der Waals surface area contributed by atoms with Gasteiger partial charge in [0.25, 0.3) is 15.9 Å². The van der Waals surface area contributed by atoms with Gasteiger partial charge in [-0.1, -0.05) is 6.07 Å². The number of carbonyl (C=O) groups excluding carboxylic acids is 1. The van der Waals surface area contributed by atoms with E-state index in [0.717, 1.165) is 19.8 Å². The number of halogens is 1. The summed E-state index contributed by atoms with van der Waals surface area (Å²) in [5.74, 6) is -0.449. The van der Waals surface area contributed by atoms with E-state index in [4.69, 9.17) is 0 Å². The fourth-order valence-corrected chi connectivity index (χ4v) is 5.07. The zero-order chi connectivity index (χ0) is 19.0. The number of thiophene rings is 1. The molecule has 3 heterocycles. The van der Waals surface area contributed by atoms with Crippen LogP contribution in [-0.2, 0) is 14.8 Å². The quantitative estimate of drug-likeness (QED) is 0.416. The number of nitrogens with zero attached hydrogens (tertiary/aromatic N) is 2. The second-order valence-electron chi connectivity index (χ2n) is 5.53. The number of hydrogen-bond donors (Lipinski definition) is 2. The largest absolute Gasteiger partial charge is 0.320 e. The lowest BCUT2D eigenvalue weighted by Crippen LogP contribution is -2.23. The molecule has 0 unspecified atom stereocenters. The molecule has 1 aromatic carbocycles. The van der Waals surface area contributed by atoms with Crippen molar-refractivity contribution in [2.45, 2.75) is 4.21 Å². The zero-order valence-electron chi connectivity index (χ0n) is 13.5. The van der Waals surface area contributed by atoms with Crippen LogP contribution in [0.25, 0.3) is 10.6 Å². The Hall–Kier alpha value is -2.31. The molecule has 0 atom stereocenters. The summed E-state index contributed by atoms with van der Waals surface area (Å²) in [4.78, 5) is 19.2. The van der Waals surface area contributed by atoms with Gasteiger partial charge in [0.1, 0.15) is 4.21 Å². The summed E-state index contributed by atoms with van der Waals surface area (Å²) in [5, 5.41) is 6.53. The van der Waals surface area contributed by atoms with Crippen molar-refractivity contribution in [1.82, 2.24) is 9.82 Å². The van der Waals surface area contributed by atoms with Crippen molar-refractivity contribution in [2.75, 3.05) is 5.32 Å². The third-order valence-electron chi connectivity index (χ3n) is 3.74. The van der Waals surface area contributed by atoms with E-state index >= 15 is 0 Å². The molecular formula is C17H11IN4O3S2. The highest BCUT2D eigenvalue weighted by Gasteiger charge is 2.27. The predicted octanol–water partition coefficient (Wildman–Crippen LogP) is 3.05. The standard InChI is InChI=1S/C17H11IN4O3S2/c18-10-4-5-12-11(9-10)16(17(23)20-12)21-22-27(24,25)15-7-6-14(26-15)13-3-1-2-8-19-13/h1-9,22H,(H,20,21,23). The minimum atomic E-state index is -3.90. The summed E-state index contributed by atoms with van der Waals surface area (Å²) in [5.41, 5.74) is 1.89. The molecular weight excluding hydrogens is 499 g/mol. The number of nitrogens with one attached hydrogen (secondary N) is 2. The molecule has 0 bridgehead atoms. The van der Waals surface area contributed by atoms with E-state index in [9.17, 15) is 13.2 Å². The van der Waals surface area contributed by atoms with Crippen molar-refractivity contribution >= 4 is 61.3 Å². The third kappa shape index (κ3) is 3.59. The number of rotatable bonds is 4. The Bertz CT molecular complexity index is 1170. The van der Waals surface area contributed by atoms with Crippen molar-refractivity contribution < 1.29 is 13.2 Å². The van der Waals surface area contributed by atoms with Gasteiger partial charge in [-0.15, -0.1) is 11.3 Å². The second kappa shape index (κ2) is 7.02. The van der Waals surface area contributed by atoms with Crippen molar-refractivity contribution in [3.8, 4) is 10.6 Å². The molecule has 27 heavy (non-hydrogen) atoms. The van der Waals surface area contributed by atoms with E-state index in [0.29, 0.717) is 16.9 Å². The van der Waals surface area contributed by atoms with Crippen LogP contribution in [0.4, 0.5) is 5.69 Å². The van der Waals surface area contributed by atoms with Gasteiger partial charge in [0.05, 0.1) is 16.3 Å². The average Bonchev–Trinajstić information content (AvgIpc) is 3.26. The summed E-state index contributed by atoms with van der Waals surface area (Å²) in [6.45, 7) is 0. The van der Waals surface area contributed by atoms with Crippen LogP contribution in [0.15, 0.2) is 64.0 Å². The Morgan fingerprint density at radius 2 is 2.00 bits per heavy atom. The minimum Gasteiger partial charge on any atom is -0.320 e. The molecule has 0 aliphatic carbocycles. The van der Waals surface area contributed by atoms with E-state index in [1.807, 2.05) is 12.1 Å². The van der Waals surface area contributed by atoms with E-state index in [1.54, 1.807) is 36.5 Å². The van der Waals surface area contributed by atoms with Crippen LogP contribution in [0.5, 0.6) is 0 Å². The lowest BCUT2D eigenvalue weighted by Gasteiger charge is -2.02. The number of sulfonamides is 1. The normalized spacial score (nSPS) is 14.9. The number of benzene rings is 1. The summed E-state index contributed by atoms with van der Waals surface area (Å²) in [7, 11) is -3.90. The number of aromatic nitrogens is 1. The monoisotopic (exact) mass is 510 g/mol. The van der Waals surface area contributed by atoms with E-state index in [1.165, 1.54) is 6.07 Å². The molecule has 2 N–H and O–H groups in total. The van der Waals surface area contributed by atoms with Gasteiger partial charge in [0.2, 0.25) is 0 Å². The SMILES string of the molecule is O=C1Nc2ccc(I)cc2/C1=N\NS(=O)(=O)c1ccc(-c2ccccn2)s1. The van der Waals surface area contributed by atoms with E-state index < -0.39 is 15.9 Å². The van der Waals surface area contributed by atoms with Crippen LogP contribution in [0.1, 0.15) is 5.56 Å². The molecule has 3 aromatic rings. The van der Waals surface area contributed by atoms with Crippen LogP contribution in [0, 0.1) is 3.57 Å². The molecule has 7 nitrogen and oxygen atoms in total. The molecule has 0 saturated heterocycles. The highest BCUT2D eigenvalue weighted by molar-refractivity contribution is 14.1. The van der Waals surface area contributed by atoms with Gasteiger partial charge in [-0.3, -0.25) is 9.78 Å². The summed E-state index contributed by atoms with van der Waals surface area (Å²) >= 11 is 3.20. The fourth-order valence-electron chi connectivity index (χ4n) is 2.50. The molecule has 1 aliphatic heterocycles. The third-order valence-corrected chi connectivity index (χ3v) is 7.22. The summed E-state index contributed by atoms with van der Waals surface area (Å²) in [6, 6.07) is 14.0. The molecule has 136 valence electrons. The highest BCUT2D eigenvalue weighted by atomic mass is 127. The van der Waals surface area contributed by atoms with E-state index in [-0.39, 0.29) is 9.92 Å². The Balaban J connectivity index is 1.62. The predicted molar refractivity (Wildman–Crippen MR) is 112 cm³/mol. The minimum absolute atomic E-state index is 0.0357. The van der Waals surface area contributed by atoms with Gasteiger partial charge < -0.3 is 5.32 Å². The molecule has 1 amide bonds. The maximum atomic E-state index is 12.6. The first kappa shape index (κ1) is 18.1. The average molecular weight is 510 g/mol. The molecule has 0 spiro atoms. The molecule has 0 radical (unpaired) electrons. The van der Waals surface area contributed by atoms with Crippen molar-refractivity contribution in [3.05, 3.63) is 63.9 Å². The number of amides is 1. The van der Waals surface area contributed by atoms with E-state index in [2.05, 4.69) is 42.8 Å². The van der Waals surface area contributed by atoms with Gasteiger partial charge in [-0.2, -0.15) is 18.4 Å². The smallest absolute Gasteiger partial charge is 0.286 e. The fraction of sp³-hybridized carbons (Fsp3) is 0. The first-order chi connectivity index (χ1) is 12.9. The number of hydrogen-bond acceptors (Lipinski definition) is 6. The van der Waals surface area contributed by atoms with Gasteiger partial charge >= 0.3 is 0 Å². The van der Waals surface area contributed by atoms with Crippen LogP contribution in [0.2, 0.25) is 0 Å². The Morgan fingerprint density at radius 1 is 1.15 bits per heavy atom. The molecule has 4 rings (SSSR count). The number of fused-ring (bicyclic) bond motifs is 1. The van der Waals surface area contributed by atoms with Crippen molar-refractivity contribution in [3.63, 3.8) is 0 Å². The second-order valence-corrected chi connectivity index (χ2v) is 9.75. The maximum absolute atomic E-state index is 12.6. The van der Waals surface area contributed by atoms with Crippen LogP contribution >= 0.6 is 33.9 Å². The summed E-state index contributed by atoms with van der Waals surface area (Å²) < 4.78 is 26.1. The number of hydrazone groups is 1. The van der Waals surface area contributed by atoms with Crippen molar-refractivity contribution in [1.29, 1.82) is 0 Å². The number of anilines is 1. The molecule has 2 aromatic heterocycles. The highest BCUT2D eigenvalue weighted by Crippen LogP contribution is 2.29. The van der Waals surface area contributed by atoms with Crippen LogP contribution in [0.3, 0.4) is 0 Å². The van der Waals surface area contributed by atoms with Crippen molar-refractivity contribution in [2.24, 2.45) is 5.10 Å². The zero-order valence-corrected chi connectivity index (χ0v) is 17.3. The van der Waals surface area contributed by atoms with Gasteiger partial charge in [-0.25, -0.2) is 0 Å². The summed E-state index contributed by atoms with van der Waals surface area (Å²) in [6.07, 6.45) is 1.64. The topological polar surface area (TPSA) is 101 Å².